The van der Waals surface area contributed by atoms with E-state index < -0.39 is 12.3 Å². The molecule has 1 N–H and O–H groups in total. The van der Waals surface area contributed by atoms with E-state index >= 15 is 0 Å². The van der Waals surface area contributed by atoms with Crippen molar-refractivity contribution >= 4 is 0 Å². The molecule has 1 aliphatic rings. The molecule has 0 bridgehead atoms. The van der Waals surface area contributed by atoms with Crippen molar-refractivity contribution in [2.75, 3.05) is 13.9 Å². The highest BCUT2D eigenvalue weighted by Gasteiger charge is 2.40. The van der Waals surface area contributed by atoms with Crippen molar-refractivity contribution in [3.63, 3.8) is 0 Å². The van der Waals surface area contributed by atoms with Crippen LogP contribution in [0.2, 0.25) is 0 Å². The van der Waals surface area contributed by atoms with Crippen LogP contribution >= 0.6 is 0 Å². The largest absolute Gasteiger partial charge is 0.493 e. The molecule has 0 fully saturated rings. The van der Waals surface area contributed by atoms with E-state index in [4.69, 9.17) is 19.3 Å². The molecule has 0 spiro atoms. The lowest BCUT2D eigenvalue weighted by Gasteiger charge is -2.16. The molecule has 94 valence electrons. The second-order valence-corrected chi connectivity index (χ2v) is 3.40. The number of aliphatic hydroxyl groups is 1. The summed E-state index contributed by atoms with van der Waals surface area (Å²) in [6.45, 7) is -0.0861. The maximum absolute atomic E-state index is 12.4. The van der Waals surface area contributed by atoms with Crippen molar-refractivity contribution in [2.24, 2.45) is 0 Å². The minimum atomic E-state index is -4.74. The molecule has 0 saturated carbocycles. The molecule has 7 heteroatoms. The van der Waals surface area contributed by atoms with Crippen molar-refractivity contribution < 1.29 is 32.5 Å². The van der Waals surface area contributed by atoms with Crippen molar-refractivity contribution in [2.45, 2.75) is 12.3 Å². The second kappa shape index (κ2) is 3.99. The maximum atomic E-state index is 12.4. The highest BCUT2D eigenvalue weighted by atomic mass is 19.4. The zero-order valence-electron chi connectivity index (χ0n) is 8.75. The van der Waals surface area contributed by atoms with Gasteiger partial charge in [-0.15, -0.1) is 0 Å². The number of hydrogen-bond donors (Lipinski definition) is 1. The molecule has 1 aromatic rings. The number of hydrogen-bond acceptors (Lipinski definition) is 4. The Hall–Kier alpha value is -1.63. The Kier molecular flexibility index (Phi) is 2.78. The fourth-order valence-electron chi connectivity index (χ4n) is 1.50. The molecule has 1 aliphatic heterocycles. The topological polar surface area (TPSA) is 47.9 Å². The first-order valence-corrected chi connectivity index (χ1v) is 4.66. The van der Waals surface area contributed by atoms with E-state index in [0.717, 1.165) is 12.1 Å². The summed E-state index contributed by atoms with van der Waals surface area (Å²) in [5, 5.41) is 9.13. The number of fused-ring (bicyclic) bond motifs is 1. The van der Waals surface area contributed by atoms with Gasteiger partial charge >= 0.3 is 6.18 Å². The van der Waals surface area contributed by atoms with Gasteiger partial charge in [0.15, 0.2) is 17.6 Å². The van der Waals surface area contributed by atoms with Crippen molar-refractivity contribution in [3.05, 3.63) is 17.7 Å². The Labute approximate surface area is 94.5 Å². The van der Waals surface area contributed by atoms with Crippen molar-refractivity contribution in [1.82, 2.24) is 0 Å². The lowest BCUT2D eigenvalue weighted by Crippen LogP contribution is -2.20. The summed E-state index contributed by atoms with van der Waals surface area (Å²) in [4.78, 5) is 0. The zero-order valence-corrected chi connectivity index (χ0v) is 8.75. The van der Waals surface area contributed by atoms with Crippen LogP contribution in [0.4, 0.5) is 13.2 Å². The molecule has 4 nitrogen and oxygen atoms in total. The molecule has 0 radical (unpaired) electrons. The third-order valence-electron chi connectivity index (χ3n) is 2.31. The third kappa shape index (κ3) is 2.10. The Balaban J connectivity index is 2.43. The van der Waals surface area contributed by atoms with Crippen LogP contribution in [0, 0.1) is 0 Å². The van der Waals surface area contributed by atoms with Gasteiger partial charge in [0.1, 0.15) is 0 Å². The monoisotopic (exact) mass is 250 g/mol. The smallest absolute Gasteiger partial charge is 0.418 e. The Morgan fingerprint density at radius 1 is 1.35 bits per heavy atom. The molecule has 0 saturated heterocycles. The summed E-state index contributed by atoms with van der Waals surface area (Å²) < 4.78 is 51.9. The molecule has 0 amide bonds. The predicted molar refractivity (Wildman–Crippen MR) is 50.1 cm³/mol. The van der Waals surface area contributed by atoms with E-state index in [2.05, 4.69) is 0 Å². The first kappa shape index (κ1) is 11.8. The minimum Gasteiger partial charge on any atom is -0.493 e. The van der Waals surface area contributed by atoms with Gasteiger partial charge in [0, 0.05) is 0 Å². The number of aliphatic hydroxyl groups excluding tert-OH is 1. The fraction of sp³-hybridized carbons (Fsp3) is 0.400. The van der Waals surface area contributed by atoms with Crippen LogP contribution in [0.15, 0.2) is 12.1 Å². The van der Waals surface area contributed by atoms with Gasteiger partial charge in [0.25, 0.3) is 0 Å². The predicted octanol–water partition coefficient (Wildman–Crippen LogP) is 2.02. The molecule has 1 atom stereocenters. The fourth-order valence-corrected chi connectivity index (χ4v) is 1.50. The highest BCUT2D eigenvalue weighted by molar-refractivity contribution is 5.55. The van der Waals surface area contributed by atoms with E-state index in [1.165, 1.54) is 7.11 Å². The Morgan fingerprint density at radius 3 is 2.65 bits per heavy atom. The van der Waals surface area contributed by atoms with Gasteiger partial charge in [-0.3, -0.25) is 0 Å². The molecule has 17 heavy (non-hydrogen) atoms. The van der Waals surface area contributed by atoms with Gasteiger partial charge in [-0.25, -0.2) is 0 Å². The first-order chi connectivity index (χ1) is 7.93. The minimum absolute atomic E-state index is 0.0861. The van der Waals surface area contributed by atoms with Gasteiger partial charge in [0.05, 0.1) is 7.11 Å². The average molecular weight is 250 g/mol. The van der Waals surface area contributed by atoms with E-state index in [1.807, 2.05) is 0 Å². The summed E-state index contributed by atoms with van der Waals surface area (Å²) in [6, 6.07) is 2.16. The van der Waals surface area contributed by atoms with Crippen LogP contribution in [-0.4, -0.2) is 25.2 Å². The summed E-state index contributed by atoms with van der Waals surface area (Å²) in [5.74, 6) is 0.464. The molecular formula is C10H9F3O4. The maximum Gasteiger partial charge on any atom is 0.418 e. The molecule has 2 rings (SSSR count). The SMILES string of the molecule is COc1cc(C(O)C(F)(F)F)cc2c1OCO2. The van der Waals surface area contributed by atoms with Gasteiger partial charge in [-0.05, 0) is 17.7 Å². The van der Waals surface area contributed by atoms with Gasteiger partial charge in [0.2, 0.25) is 12.5 Å². The van der Waals surface area contributed by atoms with Crippen molar-refractivity contribution in [3.8, 4) is 17.2 Å². The number of rotatable bonds is 2. The standard InChI is InChI=1S/C10H9F3O4/c1-15-6-2-5(9(14)10(11,12)13)3-7-8(6)17-4-16-7/h2-3,9,14H,4H2,1H3. The van der Waals surface area contributed by atoms with E-state index in [1.54, 1.807) is 0 Å². The first-order valence-electron chi connectivity index (χ1n) is 4.66. The number of methoxy groups -OCH3 is 1. The molecule has 0 aliphatic carbocycles. The quantitative estimate of drug-likeness (QED) is 0.872. The third-order valence-corrected chi connectivity index (χ3v) is 2.31. The van der Waals surface area contributed by atoms with Crippen LogP contribution in [0.1, 0.15) is 11.7 Å². The van der Waals surface area contributed by atoms with E-state index in [0.29, 0.717) is 0 Å². The summed E-state index contributed by atoms with van der Waals surface area (Å²) in [5.41, 5.74) is -0.349. The van der Waals surface area contributed by atoms with Crippen LogP contribution in [0.25, 0.3) is 0 Å². The van der Waals surface area contributed by atoms with E-state index in [-0.39, 0.29) is 29.6 Å². The molecule has 1 heterocycles. The Bertz CT molecular complexity index is 430. The molecule has 1 unspecified atom stereocenters. The normalized spacial score (nSPS) is 15.8. The lowest BCUT2D eigenvalue weighted by molar-refractivity contribution is -0.206. The summed E-state index contributed by atoms with van der Waals surface area (Å²) in [6.07, 6.45) is -7.32. The molecular weight excluding hydrogens is 241 g/mol. The van der Waals surface area contributed by atoms with Crippen molar-refractivity contribution in [1.29, 1.82) is 0 Å². The highest BCUT2D eigenvalue weighted by Crippen LogP contribution is 2.45. The van der Waals surface area contributed by atoms with Gasteiger partial charge in [-0.2, -0.15) is 13.2 Å². The number of ether oxygens (including phenoxy) is 3. The van der Waals surface area contributed by atoms with E-state index in [9.17, 15) is 13.2 Å². The second-order valence-electron chi connectivity index (χ2n) is 3.40. The average Bonchev–Trinajstić information content (AvgIpc) is 2.73. The van der Waals surface area contributed by atoms with Crippen LogP contribution in [0.5, 0.6) is 17.2 Å². The van der Waals surface area contributed by atoms with Gasteiger partial charge < -0.3 is 19.3 Å². The number of halogens is 3. The van der Waals surface area contributed by atoms with Crippen LogP contribution < -0.4 is 14.2 Å². The molecule has 1 aromatic carbocycles. The summed E-state index contributed by atoms with van der Waals surface area (Å²) in [7, 11) is 1.29. The zero-order chi connectivity index (χ0) is 12.6. The number of alkyl halides is 3. The van der Waals surface area contributed by atoms with Gasteiger partial charge in [-0.1, -0.05) is 0 Å². The lowest BCUT2D eigenvalue weighted by atomic mass is 10.1. The van der Waals surface area contributed by atoms with Crippen LogP contribution in [-0.2, 0) is 0 Å². The summed E-state index contributed by atoms with van der Waals surface area (Å²) >= 11 is 0. The number of benzene rings is 1. The van der Waals surface area contributed by atoms with Crippen LogP contribution in [0.3, 0.4) is 0 Å². The Morgan fingerprint density at radius 2 is 2.06 bits per heavy atom. The molecule has 0 aromatic heterocycles.